The zero-order valence-electron chi connectivity index (χ0n) is 10.6. The fraction of sp³-hybridized carbons (Fsp3) is 0.750. The molecule has 0 saturated carbocycles. The molecule has 0 fully saturated rings. The molecule has 1 rings (SSSR count). The predicted molar refractivity (Wildman–Crippen MR) is 63.2 cm³/mol. The van der Waals surface area contributed by atoms with Gasteiger partial charge in [0.1, 0.15) is 5.76 Å². The van der Waals surface area contributed by atoms with E-state index in [2.05, 4.69) is 17.4 Å². The van der Waals surface area contributed by atoms with Crippen LogP contribution in [0.15, 0.2) is 4.52 Å². The number of aryl methyl sites for hydroxylation is 2. The summed E-state index contributed by atoms with van der Waals surface area (Å²) in [5.41, 5.74) is 1.38. The van der Waals surface area contributed by atoms with Crippen molar-refractivity contribution < 1.29 is 9.63 Å². The lowest BCUT2D eigenvalue weighted by Crippen LogP contribution is -2.37. The van der Waals surface area contributed by atoms with Gasteiger partial charge in [-0.1, -0.05) is 18.5 Å². The lowest BCUT2D eigenvalue weighted by molar-refractivity contribution is 0.0497. The molecule has 0 saturated heterocycles. The lowest BCUT2D eigenvalue weighted by atomic mass is 10.0. The third-order valence-electron chi connectivity index (χ3n) is 2.78. The molecule has 4 nitrogen and oxygen atoms in total. The van der Waals surface area contributed by atoms with Crippen molar-refractivity contribution in [2.45, 2.75) is 52.7 Å². The molecule has 2 N–H and O–H groups in total. The van der Waals surface area contributed by atoms with Crippen LogP contribution < -0.4 is 5.32 Å². The predicted octanol–water partition coefficient (Wildman–Crippen LogP) is 1.93. The minimum absolute atomic E-state index is 0.588. The maximum Gasteiger partial charge on any atom is 0.138 e. The molecule has 1 aromatic rings. The Hall–Kier alpha value is -0.870. The van der Waals surface area contributed by atoms with E-state index in [-0.39, 0.29) is 0 Å². The Labute approximate surface area is 97.0 Å². The Bertz CT molecular complexity index is 312. The van der Waals surface area contributed by atoms with Gasteiger partial charge in [0.15, 0.2) is 0 Å². The van der Waals surface area contributed by atoms with Crippen LogP contribution in [0.2, 0.25) is 0 Å². The number of aliphatic hydroxyl groups is 1. The molecule has 1 unspecified atom stereocenters. The van der Waals surface area contributed by atoms with Crippen LogP contribution in [0.5, 0.6) is 0 Å². The van der Waals surface area contributed by atoms with Crippen LogP contribution in [0.4, 0.5) is 0 Å². The van der Waals surface area contributed by atoms with Gasteiger partial charge in [0.05, 0.1) is 11.3 Å². The summed E-state index contributed by atoms with van der Waals surface area (Å²) in [6.07, 6.45) is 1.79. The monoisotopic (exact) mass is 226 g/mol. The Morgan fingerprint density at radius 2 is 2.12 bits per heavy atom. The van der Waals surface area contributed by atoms with Crippen molar-refractivity contribution in [3.05, 3.63) is 17.0 Å². The lowest BCUT2D eigenvalue weighted by Gasteiger charge is -2.22. The van der Waals surface area contributed by atoms with Crippen LogP contribution in [0.3, 0.4) is 0 Å². The molecule has 0 aliphatic carbocycles. The molecule has 0 aliphatic heterocycles. The van der Waals surface area contributed by atoms with Crippen molar-refractivity contribution in [3.63, 3.8) is 0 Å². The second kappa shape index (κ2) is 5.46. The van der Waals surface area contributed by atoms with Crippen molar-refractivity contribution in [2.75, 3.05) is 6.54 Å². The van der Waals surface area contributed by atoms with Crippen LogP contribution in [0.25, 0.3) is 0 Å². The molecule has 1 atom stereocenters. The van der Waals surface area contributed by atoms with E-state index < -0.39 is 5.60 Å². The van der Waals surface area contributed by atoms with Gasteiger partial charge < -0.3 is 14.9 Å². The topological polar surface area (TPSA) is 58.3 Å². The molecule has 1 aromatic heterocycles. The average Bonchev–Trinajstić information content (AvgIpc) is 2.48. The maximum atomic E-state index is 9.98. The number of aromatic nitrogens is 1. The molecule has 0 aromatic carbocycles. The summed E-state index contributed by atoms with van der Waals surface area (Å²) >= 11 is 0. The van der Waals surface area contributed by atoms with Crippen LogP contribution in [0.1, 0.15) is 43.7 Å². The second-order valence-corrected chi connectivity index (χ2v) is 4.65. The smallest absolute Gasteiger partial charge is 0.138 e. The third kappa shape index (κ3) is 3.61. The standard InChI is InChI=1S/C12H22N2O2/c1-5-6-12(4,15)8-13-7-11-9(2)14-16-10(11)3/h13,15H,5-8H2,1-4H3. The highest BCUT2D eigenvalue weighted by atomic mass is 16.5. The molecule has 16 heavy (non-hydrogen) atoms. The second-order valence-electron chi connectivity index (χ2n) is 4.65. The van der Waals surface area contributed by atoms with Gasteiger partial charge in [-0.15, -0.1) is 0 Å². The third-order valence-corrected chi connectivity index (χ3v) is 2.78. The summed E-state index contributed by atoms with van der Waals surface area (Å²) < 4.78 is 5.07. The Morgan fingerprint density at radius 3 is 2.62 bits per heavy atom. The summed E-state index contributed by atoms with van der Waals surface area (Å²) in [4.78, 5) is 0. The van der Waals surface area contributed by atoms with E-state index >= 15 is 0 Å². The number of rotatable bonds is 6. The molecule has 4 heteroatoms. The van der Waals surface area contributed by atoms with Gasteiger partial charge in [0.25, 0.3) is 0 Å². The van der Waals surface area contributed by atoms with Crippen molar-refractivity contribution >= 4 is 0 Å². The van der Waals surface area contributed by atoms with Gasteiger partial charge in [-0.2, -0.15) is 0 Å². The molecule has 0 radical (unpaired) electrons. The summed E-state index contributed by atoms with van der Waals surface area (Å²) in [6.45, 7) is 9.05. The minimum atomic E-state index is -0.631. The van der Waals surface area contributed by atoms with Gasteiger partial charge in [-0.05, 0) is 27.2 Å². The number of nitrogens with one attached hydrogen (secondary N) is 1. The Morgan fingerprint density at radius 1 is 1.44 bits per heavy atom. The van der Waals surface area contributed by atoms with Gasteiger partial charge in [-0.25, -0.2) is 0 Å². The van der Waals surface area contributed by atoms with E-state index in [0.29, 0.717) is 13.1 Å². The largest absolute Gasteiger partial charge is 0.389 e. The first-order valence-corrected chi connectivity index (χ1v) is 5.81. The molecule has 1 heterocycles. The van der Waals surface area contributed by atoms with Crippen molar-refractivity contribution in [1.82, 2.24) is 10.5 Å². The van der Waals surface area contributed by atoms with E-state index in [1.54, 1.807) is 0 Å². The average molecular weight is 226 g/mol. The fourth-order valence-corrected chi connectivity index (χ4v) is 1.84. The number of hydrogen-bond donors (Lipinski definition) is 2. The van der Waals surface area contributed by atoms with Crippen molar-refractivity contribution in [3.8, 4) is 0 Å². The SMILES string of the molecule is CCCC(C)(O)CNCc1c(C)noc1C. The molecule has 92 valence electrons. The highest BCUT2D eigenvalue weighted by molar-refractivity contribution is 5.20. The molecule has 0 spiro atoms. The number of nitrogens with zero attached hydrogens (tertiary/aromatic N) is 1. The zero-order valence-corrected chi connectivity index (χ0v) is 10.6. The zero-order chi connectivity index (χ0) is 12.2. The molecular weight excluding hydrogens is 204 g/mol. The van der Waals surface area contributed by atoms with Crippen LogP contribution >= 0.6 is 0 Å². The summed E-state index contributed by atoms with van der Waals surface area (Å²) in [5, 5.41) is 17.1. The highest BCUT2D eigenvalue weighted by Gasteiger charge is 2.18. The van der Waals surface area contributed by atoms with E-state index in [4.69, 9.17) is 4.52 Å². The van der Waals surface area contributed by atoms with Gasteiger partial charge >= 0.3 is 0 Å². The van der Waals surface area contributed by atoms with Crippen LogP contribution in [0, 0.1) is 13.8 Å². The minimum Gasteiger partial charge on any atom is -0.389 e. The van der Waals surface area contributed by atoms with E-state index in [9.17, 15) is 5.11 Å². The van der Waals surface area contributed by atoms with Crippen LogP contribution in [-0.2, 0) is 6.54 Å². The normalized spacial score (nSPS) is 15.1. The summed E-state index contributed by atoms with van der Waals surface area (Å²) in [5.74, 6) is 0.847. The molecule has 0 bridgehead atoms. The molecule has 0 amide bonds. The first-order valence-electron chi connectivity index (χ1n) is 5.81. The van der Waals surface area contributed by atoms with E-state index in [0.717, 1.165) is 29.9 Å². The van der Waals surface area contributed by atoms with E-state index in [1.807, 2.05) is 20.8 Å². The fourth-order valence-electron chi connectivity index (χ4n) is 1.84. The quantitative estimate of drug-likeness (QED) is 0.778. The van der Waals surface area contributed by atoms with Crippen molar-refractivity contribution in [1.29, 1.82) is 0 Å². The summed E-state index contributed by atoms with van der Waals surface area (Å²) in [7, 11) is 0. The first-order chi connectivity index (χ1) is 7.46. The van der Waals surface area contributed by atoms with Gasteiger partial charge in [0.2, 0.25) is 0 Å². The Kier molecular flexibility index (Phi) is 4.50. The van der Waals surface area contributed by atoms with Crippen molar-refractivity contribution in [2.24, 2.45) is 0 Å². The molecule has 0 aliphatic rings. The van der Waals surface area contributed by atoms with E-state index in [1.165, 1.54) is 0 Å². The van der Waals surface area contributed by atoms with Gasteiger partial charge in [-0.3, -0.25) is 0 Å². The highest BCUT2D eigenvalue weighted by Crippen LogP contribution is 2.13. The maximum absolute atomic E-state index is 9.98. The first kappa shape index (κ1) is 13.2. The van der Waals surface area contributed by atoms with Crippen LogP contribution in [-0.4, -0.2) is 22.4 Å². The number of hydrogen-bond acceptors (Lipinski definition) is 4. The molecular formula is C12H22N2O2. The summed E-state index contributed by atoms with van der Waals surface area (Å²) in [6, 6.07) is 0. The van der Waals surface area contributed by atoms with Gasteiger partial charge in [0, 0.05) is 18.7 Å². The Balaban J connectivity index is 2.41.